The Balaban J connectivity index is 1.82. The van der Waals surface area contributed by atoms with Gasteiger partial charge >= 0.3 is 0 Å². The number of hydrogen-bond acceptors (Lipinski definition) is 1. The van der Waals surface area contributed by atoms with Gasteiger partial charge in [-0.05, 0) is 56.7 Å². The van der Waals surface area contributed by atoms with Crippen molar-refractivity contribution in [2.75, 3.05) is 6.54 Å². The predicted octanol–water partition coefficient (Wildman–Crippen LogP) is 2.71. The molecule has 1 aromatic heterocycles. The normalized spacial score (nSPS) is 26.3. The molecule has 0 saturated carbocycles. The molecule has 0 bridgehead atoms. The van der Waals surface area contributed by atoms with Crippen LogP contribution in [0.25, 0.3) is 0 Å². The minimum Gasteiger partial charge on any atom is -0.361 e. The fourth-order valence-corrected chi connectivity index (χ4v) is 2.93. The molecule has 0 spiro atoms. The molecule has 2 nitrogen and oxygen atoms in total. The van der Waals surface area contributed by atoms with Gasteiger partial charge in [-0.25, -0.2) is 0 Å². The van der Waals surface area contributed by atoms with Crippen molar-refractivity contribution < 1.29 is 0 Å². The van der Waals surface area contributed by atoms with Crippen molar-refractivity contribution in [1.29, 1.82) is 0 Å². The fraction of sp³-hybridized carbons (Fsp3) is 0.692. The van der Waals surface area contributed by atoms with Gasteiger partial charge in [0, 0.05) is 17.4 Å². The molecule has 1 aliphatic heterocycles. The van der Waals surface area contributed by atoms with Crippen molar-refractivity contribution in [3.8, 4) is 0 Å². The summed E-state index contributed by atoms with van der Waals surface area (Å²) in [6, 6.07) is 3.02. The molecule has 82 valence electrons. The summed E-state index contributed by atoms with van der Waals surface area (Å²) in [7, 11) is 0. The number of piperidine rings is 1. The highest BCUT2D eigenvalue weighted by molar-refractivity contribution is 5.29. The third kappa shape index (κ3) is 1.83. The molecule has 2 heteroatoms. The Labute approximate surface area is 91.5 Å². The van der Waals surface area contributed by atoms with E-state index in [9.17, 15) is 0 Å². The van der Waals surface area contributed by atoms with E-state index in [2.05, 4.69) is 16.4 Å². The highest BCUT2D eigenvalue weighted by Gasteiger charge is 2.19. The number of H-pyrrole nitrogens is 1. The van der Waals surface area contributed by atoms with Crippen molar-refractivity contribution in [2.24, 2.45) is 0 Å². The maximum Gasteiger partial charge on any atom is 0.0473 e. The first kappa shape index (κ1) is 9.46. The van der Waals surface area contributed by atoms with Crippen LogP contribution in [0.2, 0.25) is 0 Å². The van der Waals surface area contributed by atoms with Crippen LogP contribution < -0.4 is 5.32 Å². The Morgan fingerprint density at radius 3 is 2.80 bits per heavy atom. The van der Waals surface area contributed by atoms with Crippen LogP contribution in [-0.4, -0.2) is 11.5 Å². The molecule has 0 radical (unpaired) electrons. The van der Waals surface area contributed by atoms with Gasteiger partial charge in [-0.15, -0.1) is 0 Å². The van der Waals surface area contributed by atoms with E-state index in [1.807, 2.05) is 0 Å². The van der Waals surface area contributed by atoms with Crippen molar-refractivity contribution >= 4 is 0 Å². The molecule has 1 unspecified atom stereocenters. The first-order valence-corrected chi connectivity index (χ1v) is 6.37. The van der Waals surface area contributed by atoms with Crippen LogP contribution in [0.15, 0.2) is 6.07 Å². The lowest BCUT2D eigenvalue weighted by molar-refractivity contribution is 0.406. The lowest BCUT2D eigenvalue weighted by Gasteiger charge is -2.22. The zero-order valence-electron chi connectivity index (χ0n) is 9.31. The van der Waals surface area contributed by atoms with Gasteiger partial charge in [0.05, 0.1) is 0 Å². The smallest absolute Gasteiger partial charge is 0.0473 e. The predicted molar refractivity (Wildman–Crippen MR) is 62.0 cm³/mol. The summed E-state index contributed by atoms with van der Waals surface area (Å²) in [4.78, 5) is 3.64. The third-order valence-electron chi connectivity index (χ3n) is 3.82. The van der Waals surface area contributed by atoms with Gasteiger partial charge in [0.25, 0.3) is 0 Å². The summed E-state index contributed by atoms with van der Waals surface area (Å²) < 4.78 is 0. The first-order valence-electron chi connectivity index (χ1n) is 6.37. The standard InChI is InChI=1S/C13H20N2/c1-2-6-11-10(5-1)9-13(15-11)12-7-3-4-8-14-12/h9,12,14-15H,1-8H2. The molecule has 1 saturated heterocycles. The zero-order valence-corrected chi connectivity index (χ0v) is 9.31. The van der Waals surface area contributed by atoms with E-state index in [1.54, 1.807) is 5.56 Å². The van der Waals surface area contributed by atoms with E-state index in [0.29, 0.717) is 6.04 Å². The first-order chi connectivity index (χ1) is 7.43. The average Bonchev–Trinajstić information content (AvgIpc) is 2.74. The van der Waals surface area contributed by atoms with Crippen LogP contribution >= 0.6 is 0 Å². The van der Waals surface area contributed by atoms with Crippen molar-refractivity contribution in [1.82, 2.24) is 10.3 Å². The second kappa shape index (κ2) is 4.01. The quantitative estimate of drug-likeness (QED) is 0.723. The van der Waals surface area contributed by atoms with Crippen LogP contribution in [0.3, 0.4) is 0 Å². The van der Waals surface area contributed by atoms with E-state index in [1.165, 1.54) is 62.9 Å². The highest BCUT2D eigenvalue weighted by Crippen LogP contribution is 2.27. The van der Waals surface area contributed by atoms with Crippen LogP contribution in [0.1, 0.15) is 55.1 Å². The van der Waals surface area contributed by atoms with E-state index in [0.717, 1.165) is 0 Å². The van der Waals surface area contributed by atoms with Gasteiger partial charge in [-0.1, -0.05) is 6.42 Å². The molecule has 1 aliphatic carbocycles. The van der Waals surface area contributed by atoms with Gasteiger partial charge in [-0.2, -0.15) is 0 Å². The van der Waals surface area contributed by atoms with Gasteiger partial charge in [-0.3, -0.25) is 0 Å². The molecular formula is C13H20N2. The number of aromatic amines is 1. The second-order valence-electron chi connectivity index (χ2n) is 4.94. The molecule has 1 aromatic rings. The zero-order chi connectivity index (χ0) is 10.1. The molecular weight excluding hydrogens is 184 g/mol. The summed E-state index contributed by atoms with van der Waals surface area (Å²) in [5.41, 5.74) is 4.55. The van der Waals surface area contributed by atoms with Gasteiger partial charge in [0.1, 0.15) is 0 Å². The average molecular weight is 204 g/mol. The third-order valence-corrected chi connectivity index (χ3v) is 3.82. The van der Waals surface area contributed by atoms with E-state index in [-0.39, 0.29) is 0 Å². The number of hydrogen-bond donors (Lipinski definition) is 2. The number of aryl methyl sites for hydroxylation is 2. The van der Waals surface area contributed by atoms with Crippen LogP contribution in [0.5, 0.6) is 0 Å². The molecule has 3 rings (SSSR count). The van der Waals surface area contributed by atoms with Crippen LogP contribution in [0.4, 0.5) is 0 Å². The molecule has 15 heavy (non-hydrogen) atoms. The van der Waals surface area contributed by atoms with E-state index in [4.69, 9.17) is 0 Å². The summed E-state index contributed by atoms with van der Waals surface area (Å²) in [5.74, 6) is 0. The van der Waals surface area contributed by atoms with Crippen molar-refractivity contribution in [3.05, 3.63) is 23.0 Å². The largest absolute Gasteiger partial charge is 0.361 e. The highest BCUT2D eigenvalue weighted by atomic mass is 15.0. The molecule has 1 atom stereocenters. The molecule has 1 fully saturated rings. The second-order valence-corrected chi connectivity index (χ2v) is 4.94. The number of fused-ring (bicyclic) bond motifs is 1. The van der Waals surface area contributed by atoms with Gasteiger partial charge in [0.15, 0.2) is 0 Å². The van der Waals surface area contributed by atoms with Crippen LogP contribution in [-0.2, 0) is 12.8 Å². The summed E-state index contributed by atoms with van der Waals surface area (Å²) in [5, 5.41) is 3.61. The molecule has 2 heterocycles. The number of nitrogens with one attached hydrogen (secondary N) is 2. The summed E-state index contributed by atoms with van der Waals surface area (Å²) >= 11 is 0. The Hall–Kier alpha value is -0.760. The Kier molecular flexibility index (Phi) is 2.53. The number of aromatic nitrogens is 1. The molecule has 2 N–H and O–H groups in total. The van der Waals surface area contributed by atoms with E-state index >= 15 is 0 Å². The molecule has 2 aliphatic rings. The SMILES string of the molecule is c1c(C2CCCCN2)[nH]c2c1CCCC2. The minimum absolute atomic E-state index is 0.601. The Morgan fingerprint density at radius 2 is 2.00 bits per heavy atom. The monoisotopic (exact) mass is 204 g/mol. The van der Waals surface area contributed by atoms with Crippen LogP contribution in [0, 0.1) is 0 Å². The van der Waals surface area contributed by atoms with Crippen molar-refractivity contribution in [2.45, 2.75) is 51.0 Å². The molecule has 0 amide bonds. The topological polar surface area (TPSA) is 27.8 Å². The summed E-state index contributed by atoms with van der Waals surface area (Å²) in [6.45, 7) is 1.19. The Bertz CT molecular complexity index is 311. The summed E-state index contributed by atoms with van der Waals surface area (Å²) in [6.07, 6.45) is 9.33. The minimum atomic E-state index is 0.601. The lowest BCUT2D eigenvalue weighted by atomic mass is 9.97. The molecule has 0 aromatic carbocycles. The fourth-order valence-electron chi connectivity index (χ4n) is 2.93. The lowest BCUT2D eigenvalue weighted by Crippen LogP contribution is -2.26. The Morgan fingerprint density at radius 1 is 1.07 bits per heavy atom. The van der Waals surface area contributed by atoms with E-state index < -0.39 is 0 Å². The van der Waals surface area contributed by atoms with Crippen molar-refractivity contribution in [3.63, 3.8) is 0 Å². The maximum absolute atomic E-state index is 3.64. The van der Waals surface area contributed by atoms with Gasteiger partial charge < -0.3 is 10.3 Å². The van der Waals surface area contributed by atoms with Gasteiger partial charge in [0.2, 0.25) is 0 Å². The maximum atomic E-state index is 3.64. The number of rotatable bonds is 1.